The van der Waals surface area contributed by atoms with Crippen molar-refractivity contribution in [3.8, 4) is 11.5 Å². The van der Waals surface area contributed by atoms with Gasteiger partial charge in [0.1, 0.15) is 23.9 Å². The Balaban J connectivity index is 1.44. The van der Waals surface area contributed by atoms with E-state index in [1.807, 2.05) is 48.2 Å². The smallest absolute Gasteiger partial charge is 0.253 e. The number of hydrogen-bond donors (Lipinski definition) is 0. The van der Waals surface area contributed by atoms with Gasteiger partial charge < -0.3 is 19.3 Å². The van der Waals surface area contributed by atoms with E-state index in [9.17, 15) is 9.18 Å². The fourth-order valence-electron chi connectivity index (χ4n) is 4.09. The summed E-state index contributed by atoms with van der Waals surface area (Å²) in [7, 11) is 0. The molecule has 0 saturated carbocycles. The SMILES string of the molecule is CCOc1ccc(C(=O)N2CCN(c3ccc(F)cc3)CC2)cc1COc1ccc(C)c(C)c1. The van der Waals surface area contributed by atoms with Crippen LogP contribution in [0.15, 0.2) is 60.7 Å². The second-order valence-electron chi connectivity index (χ2n) is 8.55. The molecule has 6 heteroatoms. The van der Waals surface area contributed by atoms with Crippen LogP contribution in [-0.4, -0.2) is 43.6 Å². The molecule has 1 fully saturated rings. The molecule has 1 heterocycles. The third-order valence-corrected chi connectivity index (χ3v) is 6.24. The first-order chi connectivity index (χ1) is 16.4. The van der Waals surface area contributed by atoms with Crippen molar-refractivity contribution >= 4 is 11.6 Å². The first-order valence-corrected chi connectivity index (χ1v) is 11.7. The predicted octanol–water partition coefficient (Wildman–Crippen LogP) is 5.38. The molecule has 3 aromatic rings. The van der Waals surface area contributed by atoms with Gasteiger partial charge in [0.05, 0.1) is 6.61 Å². The molecule has 0 aliphatic carbocycles. The molecule has 178 valence electrons. The molecule has 34 heavy (non-hydrogen) atoms. The average molecular weight is 463 g/mol. The fraction of sp³-hybridized carbons (Fsp3) is 0.321. The van der Waals surface area contributed by atoms with E-state index in [0.29, 0.717) is 45.0 Å². The van der Waals surface area contributed by atoms with Crippen molar-refractivity contribution in [3.05, 3.63) is 88.7 Å². The zero-order valence-corrected chi connectivity index (χ0v) is 20.0. The molecule has 0 unspecified atom stereocenters. The summed E-state index contributed by atoms with van der Waals surface area (Å²) < 4.78 is 25.0. The highest BCUT2D eigenvalue weighted by Gasteiger charge is 2.23. The van der Waals surface area contributed by atoms with Crippen LogP contribution in [0, 0.1) is 19.7 Å². The lowest BCUT2D eigenvalue weighted by Crippen LogP contribution is -2.48. The van der Waals surface area contributed by atoms with Crippen LogP contribution in [0.25, 0.3) is 0 Å². The first kappa shape index (κ1) is 23.6. The Morgan fingerprint density at radius 2 is 1.62 bits per heavy atom. The quantitative estimate of drug-likeness (QED) is 0.473. The third kappa shape index (κ3) is 5.50. The Labute approximate surface area is 200 Å². The number of rotatable bonds is 7. The summed E-state index contributed by atoms with van der Waals surface area (Å²) >= 11 is 0. The Hall–Kier alpha value is -3.54. The summed E-state index contributed by atoms with van der Waals surface area (Å²) in [6, 6.07) is 18.1. The fourth-order valence-corrected chi connectivity index (χ4v) is 4.09. The largest absolute Gasteiger partial charge is 0.493 e. The molecule has 1 saturated heterocycles. The maximum atomic E-state index is 13.2. The molecule has 0 bridgehead atoms. The normalized spacial score (nSPS) is 13.6. The lowest BCUT2D eigenvalue weighted by molar-refractivity contribution is 0.0746. The van der Waals surface area contributed by atoms with Gasteiger partial charge in [-0.3, -0.25) is 4.79 Å². The topological polar surface area (TPSA) is 42.0 Å². The number of carbonyl (C=O) groups excluding carboxylic acids is 1. The van der Waals surface area contributed by atoms with E-state index >= 15 is 0 Å². The average Bonchev–Trinajstić information content (AvgIpc) is 2.86. The molecule has 1 aliphatic heterocycles. The number of carbonyl (C=O) groups is 1. The number of piperazine rings is 1. The predicted molar refractivity (Wildman–Crippen MR) is 132 cm³/mol. The minimum atomic E-state index is -0.245. The molecule has 0 spiro atoms. The molecule has 0 N–H and O–H groups in total. The third-order valence-electron chi connectivity index (χ3n) is 6.24. The van der Waals surface area contributed by atoms with Crippen molar-refractivity contribution in [2.24, 2.45) is 0 Å². The van der Waals surface area contributed by atoms with Gasteiger partial charge in [0, 0.05) is 43.0 Å². The van der Waals surface area contributed by atoms with E-state index in [-0.39, 0.29) is 11.7 Å². The summed E-state index contributed by atoms with van der Waals surface area (Å²) in [5.41, 5.74) is 4.83. The molecule has 3 aromatic carbocycles. The van der Waals surface area contributed by atoms with E-state index in [1.54, 1.807) is 12.1 Å². The van der Waals surface area contributed by atoms with Gasteiger partial charge in [-0.25, -0.2) is 4.39 Å². The number of aryl methyl sites for hydroxylation is 2. The van der Waals surface area contributed by atoms with Crippen LogP contribution in [0.4, 0.5) is 10.1 Å². The summed E-state index contributed by atoms with van der Waals surface area (Å²) in [6.45, 7) is 9.55. The van der Waals surface area contributed by atoms with Gasteiger partial charge in [-0.05, 0) is 86.5 Å². The standard InChI is InChI=1S/C28H31FN2O3/c1-4-33-27-12-6-22(18-23(27)19-34-26-11-5-20(2)21(3)17-26)28(32)31-15-13-30(14-16-31)25-9-7-24(29)8-10-25/h5-12,17-18H,4,13-16,19H2,1-3H3. The molecular formula is C28H31FN2O3. The highest BCUT2D eigenvalue weighted by atomic mass is 19.1. The Bertz CT molecular complexity index is 1140. The van der Waals surface area contributed by atoms with Crippen molar-refractivity contribution < 1.29 is 18.7 Å². The molecule has 0 atom stereocenters. The number of benzene rings is 3. The lowest BCUT2D eigenvalue weighted by atomic mass is 10.1. The number of hydrogen-bond acceptors (Lipinski definition) is 4. The second-order valence-corrected chi connectivity index (χ2v) is 8.55. The van der Waals surface area contributed by atoms with Gasteiger partial charge in [0.25, 0.3) is 5.91 Å². The van der Waals surface area contributed by atoms with Crippen molar-refractivity contribution in [2.45, 2.75) is 27.4 Å². The zero-order chi connectivity index (χ0) is 24.1. The number of nitrogens with zero attached hydrogens (tertiary/aromatic N) is 2. The number of anilines is 1. The Kier molecular flexibility index (Phi) is 7.36. The van der Waals surface area contributed by atoms with Gasteiger partial charge in [-0.2, -0.15) is 0 Å². The Morgan fingerprint density at radius 1 is 0.882 bits per heavy atom. The maximum absolute atomic E-state index is 13.2. The molecule has 1 aliphatic rings. The highest BCUT2D eigenvalue weighted by Crippen LogP contribution is 2.25. The molecular weight excluding hydrogens is 431 g/mol. The maximum Gasteiger partial charge on any atom is 0.253 e. The molecule has 0 radical (unpaired) electrons. The van der Waals surface area contributed by atoms with E-state index < -0.39 is 0 Å². The lowest BCUT2D eigenvalue weighted by Gasteiger charge is -2.36. The van der Waals surface area contributed by atoms with Gasteiger partial charge in [-0.15, -0.1) is 0 Å². The van der Waals surface area contributed by atoms with Crippen LogP contribution in [0.1, 0.15) is 34.0 Å². The number of amides is 1. The van der Waals surface area contributed by atoms with Crippen LogP contribution < -0.4 is 14.4 Å². The van der Waals surface area contributed by atoms with Gasteiger partial charge >= 0.3 is 0 Å². The summed E-state index contributed by atoms with van der Waals surface area (Å²) in [4.78, 5) is 17.3. The number of ether oxygens (including phenoxy) is 2. The second kappa shape index (κ2) is 10.6. The zero-order valence-electron chi connectivity index (χ0n) is 20.0. The molecule has 0 aromatic heterocycles. The minimum Gasteiger partial charge on any atom is -0.493 e. The first-order valence-electron chi connectivity index (χ1n) is 11.7. The molecule has 5 nitrogen and oxygen atoms in total. The van der Waals surface area contributed by atoms with E-state index in [1.165, 1.54) is 23.3 Å². The monoisotopic (exact) mass is 462 g/mol. The molecule has 4 rings (SSSR count). The van der Waals surface area contributed by atoms with Gasteiger partial charge in [-0.1, -0.05) is 6.07 Å². The van der Waals surface area contributed by atoms with Crippen molar-refractivity contribution in [2.75, 3.05) is 37.7 Å². The van der Waals surface area contributed by atoms with Crippen molar-refractivity contribution in [1.29, 1.82) is 0 Å². The summed E-state index contributed by atoms with van der Waals surface area (Å²) in [6.07, 6.45) is 0. The van der Waals surface area contributed by atoms with Crippen molar-refractivity contribution in [3.63, 3.8) is 0 Å². The van der Waals surface area contributed by atoms with Gasteiger partial charge in [0.15, 0.2) is 0 Å². The summed E-state index contributed by atoms with van der Waals surface area (Å²) in [5, 5.41) is 0. The van der Waals surface area contributed by atoms with Crippen LogP contribution in [-0.2, 0) is 6.61 Å². The van der Waals surface area contributed by atoms with E-state index in [0.717, 1.165) is 22.7 Å². The summed E-state index contributed by atoms with van der Waals surface area (Å²) in [5.74, 6) is 1.27. The van der Waals surface area contributed by atoms with Crippen LogP contribution in [0.3, 0.4) is 0 Å². The van der Waals surface area contributed by atoms with Crippen LogP contribution in [0.5, 0.6) is 11.5 Å². The number of halogens is 1. The van der Waals surface area contributed by atoms with E-state index in [2.05, 4.69) is 18.7 Å². The van der Waals surface area contributed by atoms with Crippen LogP contribution in [0.2, 0.25) is 0 Å². The van der Waals surface area contributed by atoms with Crippen molar-refractivity contribution in [1.82, 2.24) is 4.90 Å². The Morgan fingerprint density at radius 3 is 2.29 bits per heavy atom. The minimum absolute atomic E-state index is 0.00534. The van der Waals surface area contributed by atoms with E-state index in [4.69, 9.17) is 9.47 Å². The highest BCUT2D eigenvalue weighted by molar-refractivity contribution is 5.94. The molecule has 1 amide bonds. The van der Waals surface area contributed by atoms with Crippen LogP contribution >= 0.6 is 0 Å². The van der Waals surface area contributed by atoms with Gasteiger partial charge in [0.2, 0.25) is 0 Å².